The SMILES string of the molecule is COC(=O)C1CCN(c2ncc(Cl)cc2N)CC1. The van der Waals surface area contributed by atoms with Gasteiger partial charge in [-0.25, -0.2) is 4.98 Å². The highest BCUT2D eigenvalue weighted by Crippen LogP contribution is 2.28. The van der Waals surface area contributed by atoms with Crippen LogP contribution in [-0.2, 0) is 9.53 Å². The average molecular weight is 270 g/mol. The monoisotopic (exact) mass is 269 g/mol. The molecule has 0 aromatic carbocycles. The highest BCUT2D eigenvalue weighted by molar-refractivity contribution is 6.30. The standard InChI is InChI=1S/C12H16ClN3O2/c1-18-12(17)8-2-4-16(5-3-8)11-10(14)6-9(13)7-15-11/h6-8H,2-5,14H2,1H3. The Morgan fingerprint density at radius 2 is 2.22 bits per heavy atom. The van der Waals surface area contributed by atoms with Crippen LogP contribution in [0.15, 0.2) is 12.3 Å². The molecule has 1 aliphatic rings. The molecule has 5 nitrogen and oxygen atoms in total. The van der Waals surface area contributed by atoms with Crippen molar-refractivity contribution in [3.8, 4) is 0 Å². The summed E-state index contributed by atoms with van der Waals surface area (Å²) in [4.78, 5) is 17.7. The number of nitrogens with two attached hydrogens (primary N) is 1. The fraction of sp³-hybridized carbons (Fsp3) is 0.500. The van der Waals surface area contributed by atoms with Gasteiger partial charge in [-0.15, -0.1) is 0 Å². The Hall–Kier alpha value is -1.49. The highest BCUT2D eigenvalue weighted by Gasteiger charge is 2.26. The van der Waals surface area contributed by atoms with Crippen molar-refractivity contribution in [3.05, 3.63) is 17.3 Å². The second kappa shape index (κ2) is 5.44. The highest BCUT2D eigenvalue weighted by atomic mass is 35.5. The number of anilines is 2. The van der Waals surface area contributed by atoms with Gasteiger partial charge in [-0.3, -0.25) is 4.79 Å². The quantitative estimate of drug-likeness (QED) is 0.828. The number of piperidine rings is 1. The zero-order valence-corrected chi connectivity index (χ0v) is 11.0. The van der Waals surface area contributed by atoms with Crippen LogP contribution in [0.4, 0.5) is 11.5 Å². The van der Waals surface area contributed by atoms with Crippen LogP contribution < -0.4 is 10.6 Å². The molecule has 0 atom stereocenters. The molecule has 2 heterocycles. The van der Waals surface area contributed by atoms with E-state index in [0.717, 1.165) is 31.7 Å². The van der Waals surface area contributed by atoms with Crippen molar-refractivity contribution in [2.75, 3.05) is 30.8 Å². The van der Waals surface area contributed by atoms with E-state index in [1.54, 1.807) is 12.3 Å². The number of nitrogen functional groups attached to an aromatic ring is 1. The van der Waals surface area contributed by atoms with Crippen molar-refractivity contribution in [3.63, 3.8) is 0 Å². The Morgan fingerprint density at radius 1 is 1.56 bits per heavy atom. The second-order valence-electron chi connectivity index (χ2n) is 4.35. The number of carbonyl (C=O) groups is 1. The molecule has 2 N–H and O–H groups in total. The van der Waals surface area contributed by atoms with Gasteiger partial charge < -0.3 is 15.4 Å². The number of carbonyl (C=O) groups excluding carboxylic acids is 1. The lowest BCUT2D eigenvalue weighted by molar-refractivity contribution is -0.146. The van der Waals surface area contributed by atoms with E-state index in [1.165, 1.54) is 7.11 Å². The molecular formula is C12H16ClN3O2. The van der Waals surface area contributed by atoms with Crippen molar-refractivity contribution in [2.45, 2.75) is 12.8 Å². The van der Waals surface area contributed by atoms with Crippen molar-refractivity contribution in [1.29, 1.82) is 0 Å². The minimum absolute atomic E-state index is 0.0141. The van der Waals surface area contributed by atoms with Crippen molar-refractivity contribution in [1.82, 2.24) is 4.98 Å². The number of rotatable bonds is 2. The molecule has 1 aromatic rings. The zero-order valence-electron chi connectivity index (χ0n) is 10.2. The van der Waals surface area contributed by atoms with Crippen LogP contribution in [-0.4, -0.2) is 31.2 Å². The van der Waals surface area contributed by atoms with Gasteiger partial charge in [0.25, 0.3) is 0 Å². The summed E-state index contributed by atoms with van der Waals surface area (Å²) in [7, 11) is 1.42. The predicted molar refractivity (Wildman–Crippen MR) is 70.6 cm³/mol. The Morgan fingerprint density at radius 3 is 2.78 bits per heavy atom. The predicted octanol–water partition coefficient (Wildman–Crippen LogP) is 1.71. The average Bonchev–Trinajstić information content (AvgIpc) is 2.38. The first kappa shape index (κ1) is 13.0. The Balaban J connectivity index is 2.03. The van der Waals surface area contributed by atoms with Gasteiger partial charge in [-0.05, 0) is 18.9 Å². The second-order valence-corrected chi connectivity index (χ2v) is 4.79. The van der Waals surface area contributed by atoms with Crippen LogP contribution in [0.5, 0.6) is 0 Å². The summed E-state index contributed by atoms with van der Waals surface area (Å²) in [6.07, 6.45) is 3.10. The van der Waals surface area contributed by atoms with E-state index in [-0.39, 0.29) is 11.9 Å². The van der Waals surface area contributed by atoms with E-state index in [9.17, 15) is 4.79 Å². The summed E-state index contributed by atoms with van der Waals surface area (Å²) in [5.74, 6) is 0.592. The number of aromatic nitrogens is 1. The molecule has 0 saturated carbocycles. The summed E-state index contributed by atoms with van der Waals surface area (Å²) in [6, 6.07) is 1.69. The van der Waals surface area contributed by atoms with Crippen LogP contribution in [0.3, 0.4) is 0 Å². The van der Waals surface area contributed by atoms with Crippen LogP contribution in [0.25, 0.3) is 0 Å². The number of esters is 1. The molecule has 1 fully saturated rings. The van der Waals surface area contributed by atoms with Gasteiger partial charge in [0.2, 0.25) is 0 Å². The summed E-state index contributed by atoms with van der Waals surface area (Å²) >= 11 is 5.82. The van der Waals surface area contributed by atoms with E-state index in [2.05, 4.69) is 9.88 Å². The molecule has 2 rings (SSSR count). The van der Waals surface area contributed by atoms with Gasteiger partial charge in [0.15, 0.2) is 5.82 Å². The van der Waals surface area contributed by atoms with Crippen molar-refractivity contribution >= 4 is 29.1 Å². The van der Waals surface area contributed by atoms with E-state index >= 15 is 0 Å². The van der Waals surface area contributed by atoms with Gasteiger partial charge in [-0.1, -0.05) is 11.6 Å². The minimum atomic E-state index is -0.133. The molecule has 0 unspecified atom stereocenters. The number of pyridine rings is 1. The first-order valence-corrected chi connectivity index (χ1v) is 6.23. The Labute approximate surface area is 111 Å². The number of hydrogen-bond donors (Lipinski definition) is 1. The first-order chi connectivity index (χ1) is 8.61. The number of methoxy groups -OCH3 is 1. The largest absolute Gasteiger partial charge is 0.469 e. The Kier molecular flexibility index (Phi) is 3.91. The minimum Gasteiger partial charge on any atom is -0.469 e. The third-order valence-electron chi connectivity index (χ3n) is 3.19. The lowest BCUT2D eigenvalue weighted by Crippen LogP contribution is -2.37. The molecule has 1 saturated heterocycles. The van der Waals surface area contributed by atoms with Crippen LogP contribution in [0.1, 0.15) is 12.8 Å². The number of nitrogens with zero attached hydrogens (tertiary/aromatic N) is 2. The van der Waals surface area contributed by atoms with Gasteiger partial charge in [0, 0.05) is 19.3 Å². The maximum Gasteiger partial charge on any atom is 0.308 e. The number of ether oxygens (including phenoxy) is 1. The fourth-order valence-corrected chi connectivity index (χ4v) is 2.37. The molecule has 0 spiro atoms. The summed E-state index contributed by atoms with van der Waals surface area (Å²) in [5.41, 5.74) is 6.46. The fourth-order valence-electron chi connectivity index (χ4n) is 2.21. The molecule has 0 aliphatic carbocycles. The number of hydrogen-bond acceptors (Lipinski definition) is 5. The summed E-state index contributed by atoms with van der Waals surface area (Å²) in [6.45, 7) is 1.50. The maximum absolute atomic E-state index is 11.4. The molecule has 0 amide bonds. The molecule has 1 aliphatic heterocycles. The van der Waals surface area contributed by atoms with Gasteiger partial charge in [-0.2, -0.15) is 0 Å². The smallest absolute Gasteiger partial charge is 0.308 e. The molecule has 0 bridgehead atoms. The third-order valence-corrected chi connectivity index (χ3v) is 3.40. The van der Waals surface area contributed by atoms with Gasteiger partial charge in [0.1, 0.15) is 0 Å². The lowest BCUT2D eigenvalue weighted by Gasteiger charge is -2.32. The van der Waals surface area contributed by atoms with Gasteiger partial charge in [0.05, 0.1) is 23.7 Å². The van der Waals surface area contributed by atoms with Crippen molar-refractivity contribution < 1.29 is 9.53 Å². The Bertz CT molecular complexity index is 445. The van der Waals surface area contributed by atoms with Crippen LogP contribution in [0, 0.1) is 5.92 Å². The van der Waals surface area contributed by atoms with E-state index in [0.29, 0.717) is 10.7 Å². The zero-order chi connectivity index (χ0) is 13.1. The number of halogens is 1. The van der Waals surface area contributed by atoms with Crippen molar-refractivity contribution in [2.24, 2.45) is 5.92 Å². The summed E-state index contributed by atoms with van der Waals surface area (Å²) < 4.78 is 4.75. The molecular weight excluding hydrogens is 254 g/mol. The molecule has 1 aromatic heterocycles. The molecule has 0 radical (unpaired) electrons. The van der Waals surface area contributed by atoms with E-state index in [4.69, 9.17) is 22.1 Å². The third kappa shape index (κ3) is 2.67. The maximum atomic E-state index is 11.4. The van der Waals surface area contributed by atoms with E-state index < -0.39 is 0 Å². The van der Waals surface area contributed by atoms with Crippen LogP contribution >= 0.6 is 11.6 Å². The van der Waals surface area contributed by atoms with Gasteiger partial charge >= 0.3 is 5.97 Å². The molecule has 98 valence electrons. The molecule has 6 heteroatoms. The topological polar surface area (TPSA) is 68.5 Å². The first-order valence-electron chi connectivity index (χ1n) is 5.85. The van der Waals surface area contributed by atoms with E-state index in [1.807, 2.05) is 0 Å². The van der Waals surface area contributed by atoms with Crippen LogP contribution in [0.2, 0.25) is 5.02 Å². The normalized spacial score (nSPS) is 16.7. The lowest BCUT2D eigenvalue weighted by atomic mass is 9.97. The molecule has 18 heavy (non-hydrogen) atoms. The summed E-state index contributed by atoms with van der Waals surface area (Å²) in [5, 5.41) is 0.528.